The Kier molecular flexibility index (Phi) is 18.4. The first-order valence-electron chi connectivity index (χ1n) is 40.7. The van der Waals surface area contributed by atoms with Gasteiger partial charge in [-0.15, -0.1) is 0 Å². The molecular formula is C116H78N2. The lowest BCUT2D eigenvalue weighted by Crippen LogP contribution is -2.10. The van der Waals surface area contributed by atoms with Crippen LogP contribution < -0.4 is 9.80 Å². The average Bonchev–Trinajstić information content (AvgIpc) is 0.770. The lowest BCUT2D eigenvalue weighted by atomic mass is 9.90. The molecule has 0 aliphatic carbocycles. The highest BCUT2D eigenvalue weighted by atomic mass is 15.1. The highest BCUT2D eigenvalue weighted by Gasteiger charge is 2.22. The fraction of sp³-hybridized carbons (Fsp3) is 0. The van der Waals surface area contributed by atoms with Gasteiger partial charge in [0.25, 0.3) is 0 Å². The van der Waals surface area contributed by atoms with Gasteiger partial charge in [-0.3, -0.25) is 0 Å². The highest BCUT2D eigenvalue weighted by molar-refractivity contribution is 6.07. The summed E-state index contributed by atoms with van der Waals surface area (Å²) in [5, 5.41) is 12.3. The van der Waals surface area contributed by atoms with Gasteiger partial charge in [-0.05, 0) is 249 Å². The predicted molar refractivity (Wildman–Crippen MR) is 503 cm³/mol. The molecule has 0 amide bonds. The molecule has 0 radical (unpaired) electrons. The number of nitrogens with zero attached hydrogens (tertiary/aromatic N) is 2. The summed E-state index contributed by atoms with van der Waals surface area (Å²) in [6.07, 6.45) is 0. The first-order valence-corrected chi connectivity index (χ1v) is 40.7. The van der Waals surface area contributed by atoms with E-state index in [-0.39, 0.29) is 0 Å². The minimum atomic E-state index is 1.06. The molecule has 0 spiro atoms. The van der Waals surface area contributed by atoms with E-state index in [0.29, 0.717) is 0 Å². The standard InChI is InChI=1S/C116H78N2/c1-3-21-85(22-4-1)115-77-99(117(95-63-55-91(56-64-95)106-40-18-30-82-26-8-12-34-102(82)106)96-65-57-92(58-66-96)107-41-19-31-83-27-9-13-35-103(83)107)71-73-111(115)89-49-45-80(46-50-89)79-43-47-88(48-44-79)109-75-76-110(114-38-16-15-37-113(109)114)94-61-69-98(70-62-94)118(97-67-59-93(60-68-97)108-42-20-32-84-28-10-14-36-104(84)108)100-72-74-112(116(78-100)86-23-5-2-6-24-86)90-53-51-87(52-54-90)105-39-17-29-81-25-7-11-33-101(81)105/h1-78H. The van der Waals surface area contributed by atoms with Crippen molar-refractivity contribution in [1.82, 2.24) is 0 Å². The molecule has 2 heteroatoms. The second-order valence-electron chi connectivity index (χ2n) is 30.6. The van der Waals surface area contributed by atoms with Crippen molar-refractivity contribution in [3.63, 3.8) is 0 Å². The van der Waals surface area contributed by atoms with E-state index in [1.807, 2.05) is 0 Å². The Morgan fingerprint density at radius 3 is 0.568 bits per heavy atom. The first-order chi connectivity index (χ1) is 58.5. The van der Waals surface area contributed by atoms with Crippen molar-refractivity contribution < 1.29 is 0 Å². The zero-order valence-corrected chi connectivity index (χ0v) is 64.9. The van der Waals surface area contributed by atoms with E-state index in [1.54, 1.807) is 0 Å². The normalized spacial score (nSPS) is 11.4. The Labute approximate surface area is 688 Å². The van der Waals surface area contributed by atoms with Crippen LogP contribution in [-0.2, 0) is 0 Å². The third-order valence-corrected chi connectivity index (χ3v) is 23.8. The molecule has 0 bridgehead atoms. The molecule has 0 fully saturated rings. The second kappa shape index (κ2) is 30.8. The van der Waals surface area contributed by atoms with E-state index >= 15 is 0 Å². The maximum atomic E-state index is 2.41. The van der Waals surface area contributed by atoms with Crippen LogP contribution in [0.4, 0.5) is 34.1 Å². The number of rotatable bonds is 17. The summed E-state index contributed by atoms with van der Waals surface area (Å²) >= 11 is 0. The largest absolute Gasteiger partial charge is 0.310 e. The number of hydrogen-bond donors (Lipinski definition) is 0. The molecule has 0 saturated heterocycles. The Bertz CT molecular complexity index is 7130. The van der Waals surface area contributed by atoms with Gasteiger partial charge >= 0.3 is 0 Å². The minimum Gasteiger partial charge on any atom is -0.310 e. The maximum absolute atomic E-state index is 2.41. The summed E-state index contributed by atoms with van der Waals surface area (Å²) in [7, 11) is 0. The van der Waals surface area contributed by atoms with Crippen LogP contribution in [0.3, 0.4) is 0 Å². The number of hydrogen-bond acceptors (Lipinski definition) is 2. The quantitative estimate of drug-likeness (QED) is 0.0896. The average molecular weight is 1500 g/mol. The molecule has 0 saturated carbocycles. The van der Waals surface area contributed by atoms with Crippen molar-refractivity contribution in [3.8, 4) is 122 Å². The van der Waals surface area contributed by atoms with E-state index in [2.05, 4.69) is 483 Å². The summed E-state index contributed by atoms with van der Waals surface area (Å²) < 4.78 is 0. The van der Waals surface area contributed by atoms with Crippen LogP contribution in [0.2, 0.25) is 0 Å². The predicted octanol–water partition coefficient (Wildman–Crippen LogP) is 32.7. The van der Waals surface area contributed by atoms with E-state index < -0.39 is 0 Å². The molecule has 21 rings (SSSR count). The molecule has 21 aromatic rings. The van der Waals surface area contributed by atoms with Crippen molar-refractivity contribution in [2.45, 2.75) is 0 Å². The molecule has 0 N–H and O–H groups in total. The third kappa shape index (κ3) is 13.4. The van der Waals surface area contributed by atoms with Crippen molar-refractivity contribution in [1.29, 1.82) is 0 Å². The first kappa shape index (κ1) is 70.4. The zero-order chi connectivity index (χ0) is 78.2. The summed E-state index contributed by atoms with van der Waals surface area (Å²) in [4.78, 5) is 4.81. The lowest BCUT2D eigenvalue weighted by molar-refractivity contribution is 1.28. The van der Waals surface area contributed by atoms with Gasteiger partial charge in [0.1, 0.15) is 0 Å². The molecular weight excluding hydrogens is 1420 g/mol. The van der Waals surface area contributed by atoms with Gasteiger partial charge in [0.05, 0.1) is 0 Å². The van der Waals surface area contributed by atoms with E-state index in [9.17, 15) is 0 Å². The SMILES string of the molecule is c1ccc(-c2cc(N(c3ccc(-c4cccc5ccccc45)cc3)c3ccc(-c4cccc5ccccc45)cc3)ccc2-c2ccc(-c3ccc(-c4ccc(-c5ccc(N(c6ccc(-c7cccc8ccccc78)cc6)c6ccc(-c7ccc(-c8cccc9ccccc89)cc7)c(-c7ccccc7)c6)cc5)c5ccccc45)cc3)cc2)cc1. The van der Waals surface area contributed by atoms with Gasteiger partial charge in [0, 0.05) is 34.1 Å². The van der Waals surface area contributed by atoms with Crippen LogP contribution >= 0.6 is 0 Å². The Hall–Kier alpha value is -15.5. The smallest absolute Gasteiger partial charge is 0.0468 e. The van der Waals surface area contributed by atoms with Crippen LogP contribution in [0.5, 0.6) is 0 Å². The van der Waals surface area contributed by atoms with Crippen molar-refractivity contribution in [3.05, 3.63) is 473 Å². The van der Waals surface area contributed by atoms with Crippen LogP contribution in [-0.4, -0.2) is 0 Å². The van der Waals surface area contributed by atoms with Crippen molar-refractivity contribution in [2.75, 3.05) is 9.80 Å². The molecule has 21 aromatic carbocycles. The lowest BCUT2D eigenvalue weighted by Gasteiger charge is -2.27. The molecule has 0 aliphatic rings. The number of fused-ring (bicyclic) bond motifs is 5. The van der Waals surface area contributed by atoms with Gasteiger partial charge in [0.15, 0.2) is 0 Å². The van der Waals surface area contributed by atoms with Crippen LogP contribution in [0.25, 0.3) is 176 Å². The molecule has 0 unspecified atom stereocenters. The van der Waals surface area contributed by atoms with Crippen molar-refractivity contribution in [2.24, 2.45) is 0 Å². The van der Waals surface area contributed by atoms with Crippen LogP contribution in [0.15, 0.2) is 473 Å². The fourth-order valence-corrected chi connectivity index (χ4v) is 17.8. The topological polar surface area (TPSA) is 6.48 Å². The molecule has 552 valence electrons. The zero-order valence-electron chi connectivity index (χ0n) is 64.9. The minimum absolute atomic E-state index is 1.06. The Morgan fingerprint density at radius 2 is 0.288 bits per heavy atom. The highest BCUT2D eigenvalue weighted by Crippen LogP contribution is 2.47. The Balaban J connectivity index is 0.584. The summed E-state index contributed by atoms with van der Waals surface area (Å²) in [5.41, 5.74) is 32.3. The summed E-state index contributed by atoms with van der Waals surface area (Å²) in [6.45, 7) is 0. The molecule has 0 heterocycles. The Morgan fingerprint density at radius 1 is 0.102 bits per heavy atom. The van der Waals surface area contributed by atoms with E-state index in [4.69, 9.17) is 0 Å². The van der Waals surface area contributed by atoms with Gasteiger partial charge in [-0.2, -0.15) is 0 Å². The number of benzene rings is 21. The van der Waals surface area contributed by atoms with Crippen LogP contribution in [0.1, 0.15) is 0 Å². The molecule has 0 aromatic heterocycles. The van der Waals surface area contributed by atoms with Crippen molar-refractivity contribution >= 4 is 88.0 Å². The van der Waals surface area contributed by atoms with Gasteiger partial charge in [-0.1, -0.05) is 400 Å². The van der Waals surface area contributed by atoms with E-state index in [0.717, 1.165) is 89.8 Å². The molecule has 0 atom stereocenters. The fourth-order valence-electron chi connectivity index (χ4n) is 17.8. The third-order valence-electron chi connectivity index (χ3n) is 23.8. The van der Waals surface area contributed by atoms with Gasteiger partial charge in [0.2, 0.25) is 0 Å². The van der Waals surface area contributed by atoms with Crippen LogP contribution in [0, 0.1) is 0 Å². The summed E-state index contributed by atoms with van der Waals surface area (Å²) in [6, 6.07) is 174. The van der Waals surface area contributed by atoms with E-state index in [1.165, 1.54) is 121 Å². The molecule has 118 heavy (non-hydrogen) atoms. The van der Waals surface area contributed by atoms with Gasteiger partial charge < -0.3 is 9.80 Å². The second-order valence-corrected chi connectivity index (χ2v) is 30.6. The summed E-state index contributed by atoms with van der Waals surface area (Å²) in [5.74, 6) is 0. The monoisotopic (exact) mass is 1500 g/mol. The molecule has 0 aliphatic heterocycles. The number of anilines is 6. The molecule has 2 nitrogen and oxygen atoms in total. The maximum Gasteiger partial charge on any atom is 0.0468 e. The van der Waals surface area contributed by atoms with Gasteiger partial charge in [-0.25, -0.2) is 0 Å².